The third-order valence-electron chi connectivity index (χ3n) is 3.81. The number of piperidine rings is 1. The maximum absolute atomic E-state index is 11.5. The molecule has 0 radical (unpaired) electrons. The zero-order chi connectivity index (χ0) is 15.6. The van der Waals surface area contributed by atoms with Crippen LogP contribution in [0.1, 0.15) is 25.3 Å². The Labute approximate surface area is 121 Å². The van der Waals surface area contributed by atoms with Crippen molar-refractivity contribution < 1.29 is 14.8 Å². The number of aliphatic carboxylic acids is 1. The van der Waals surface area contributed by atoms with Crippen molar-refractivity contribution in [2.75, 3.05) is 11.4 Å². The molecule has 7 heteroatoms. The molecule has 7 nitrogen and oxygen atoms in total. The van der Waals surface area contributed by atoms with E-state index in [0.717, 1.165) is 12.8 Å². The monoisotopic (exact) mass is 289 g/mol. The summed E-state index contributed by atoms with van der Waals surface area (Å²) in [4.78, 5) is 23.7. The van der Waals surface area contributed by atoms with Crippen LogP contribution in [-0.2, 0) is 4.79 Å². The lowest BCUT2D eigenvalue weighted by atomic mass is 9.90. The molecule has 0 saturated carbocycles. The summed E-state index contributed by atoms with van der Waals surface area (Å²) in [5, 5.41) is 29.7. The molecule has 21 heavy (non-hydrogen) atoms. The van der Waals surface area contributed by atoms with Crippen molar-refractivity contribution in [2.24, 2.45) is 5.92 Å². The number of rotatable bonds is 3. The van der Waals surface area contributed by atoms with E-state index in [2.05, 4.69) is 0 Å². The van der Waals surface area contributed by atoms with Gasteiger partial charge < -0.3 is 10.0 Å². The second kappa shape index (κ2) is 5.79. The third kappa shape index (κ3) is 2.65. The molecule has 0 bridgehead atoms. The molecule has 1 heterocycles. The highest BCUT2D eigenvalue weighted by molar-refractivity contribution is 5.82. The molecular weight excluding hydrogens is 274 g/mol. The van der Waals surface area contributed by atoms with Gasteiger partial charge in [0.05, 0.1) is 4.92 Å². The van der Waals surface area contributed by atoms with Crippen molar-refractivity contribution in [1.82, 2.24) is 0 Å². The standard InChI is InChI=1S/C14H15N3O4/c1-9-4-3-7-16(12(9)14(18)19)11-6-2-5-10(8-15)13(11)17(20)21/h2,5-6,9,12H,3-4,7H2,1H3,(H,18,19). The number of benzene rings is 1. The molecule has 0 aromatic heterocycles. The van der Waals surface area contributed by atoms with Gasteiger partial charge in [-0.1, -0.05) is 13.0 Å². The van der Waals surface area contributed by atoms with Crippen LogP contribution in [0, 0.1) is 27.4 Å². The summed E-state index contributed by atoms with van der Waals surface area (Å²) in [5.41, 5.74) is -0.168. The average Bonchev–Trinajstić information content (AvgIpc) is 2.45. The van der Waals surface area contributed by atoms with E-state index in [9.17, 15) is 20.0 Å². The first-order chi connectivity index (χ1) is 9.97. The summed E-state index contributed by atoms with van der Waals surface area (Å²) < 4.78 is 0. The summed E-state index contributed by atoms with van der Waals surface area (Å²) >= 11 is 0. The minimum Gasteiger partial charge on any atom is -0.480 e. The number of anilines is 1. The van der Waals surface area contributed by atoms with Crippen LogP contribution in [-0.4, -0.2) is 28.6 Å². The number of carbonyl (C=O) groups is 1. The Hall–Kier alpha value is -2.62. The van der Waals surface area contributed by atoms with Crippen LogP contribution >= 0.6 is 0 Å². The minimum absolute atomic E-state index is 0.0557. The number of hydrogen-bond donors (Lipinski definition) is 1. The predicted molar refractivity (Wildman–Crippen MR) is 75.0 cm³/mol. The maximum atomic E-state index is 11.5. The van der Waals surface area contributed by atoms with Crippen molar-refractivity contribution in [3.8, 4) is 6.07 Å². The highest BCUT2D eigenvalue weighted by Crippen LogP contribution is 2.36. The average molecular weight is 289 g/mol. The van der Waals surface area contributed by atoms with Gasteiger partial charge in [-0.15, -0.1) is 0 Å². The number of para-hydroxylation sites is 1. The van der Waals surface area contributed by atoms with E-state index in [-0.39, 0.29) is 22.9 Å². The summed E-state index contributed by atoms with van der Waals surface area (Å²) in [6.45, 7) is 2.25. The fourth-order valence-electron chi connectivity index (χ4n) is 2.88. The summed E-state index contributed by atoms with van der Waals surface area (Å²) in [5.74, 6) is -1.11. The molecule has 2 atom stereocenters. The second-order valence-corrected chi connectivity index (χ2v) is 5.14. The van der Waals surface area contributed by atoms with E-state index in [1.54, 1.807) is 12.1 Å². The molecule has 0 aliphatic carbocycles. The van der Waals surface area contributed by atoms with E-state index in [0.29, 0.717) is 6.54 Å². The zero-order valence-corrected chi connectivity index (χ0v) is 11.5. The summed E-state index contributed by atoms with van der Waals surface area (Å²) in [7, 11) is 0. The molecule has 1 aliphatic rings. The Morgan fingerprint density at radius 3 is 2.86 bits per heavy atom. The largest absolute Gasteiger partial charge is 0.480 e. The highest BCUT2D eigenvalue weighted by Gasteiger charge is 2.37. The first-order valence-electron chi connectivity index (χ1n) is 6.64. The Morgan fingerprint density at radius 1 is 1.57 bits per heavy atom. The van der Waals surface area contributed by atoms with Gasteiger partial charge in [0.2, 0.25) is 0 Å². The van der Waals surface area contributed by atoms with Crippen LogP contribution in [0.5, 0.6) is 0 Å². The lowest BCUT2D eigenvalue weighted by Gasteiger charge is -2.38. The van der Waals surface area contributed by atoms with Gasteiger partial charge in [0.25, 0.3) is 0 Å². The van der Waals surface area contributed by atoms with Crippen LogP contribution in [0.25, 0.3) is 0 Å². The number of carboxylic acids is 1. The molecule has 2 rings (SSSR count). The Balaban J connectivity index is 2.57. The van der Waals surface area contributed by atoms with Crippen LogP contribution in [0.15, 0.2) is 18.2 Å². The Bertz CT molecular complexity index is 623. The number of nitro groups is 1. The fraction of sp³-hybridized carbons (Fsp3) is 0.429. The third-order valence-corrected chi connectivity index (χ3v) is 3.81. The Kier molecular flexibility index (Phi) is 4.08. The molecule has 110 valence electrons. The van der Waals surface area contributed by atoms with Crippen molar-refractivity contribution in [2.45, 2.75) is 25.8 Å². The molecule has 1 fully saturated rings. The smallest absolute Gasteiger partial charge is 0.326 e. The van der Waals surface area contributed by atoms with Gasteiger partial charge in [-0.3, -0.25) is 10.1 Å². The topological polar surface area (TPSA) is 107 Å². The van der Waals surface area contributed by atoms with E-state index >= 15 is 0 Å². The van der Waals surface area contributed by atoms with Crippen LogP contribution in [0.3, 0.4) is 0 Å². The van der Waals surface area contributed by atoms with Gasteiger partial charge in [0, 0.05) is 6.54 Å². The summed E-state index contributed by atoms with van der Waals surface area (Å²) in [6.07, 6.45) is 1.53. The Morgan fingerprint density at radius 2 is 2.29 bits per heavy atom. The second-order valence-electron chi connectivity index (χ2n) is 5.14. The molecule has 1 N–H and O–H groups in total. The minimum atomic E-state index is -1.00. The molecule has 1 saturated heterocycles. The number of nitriles is 1. The van der Waals surface area contributed by atoms with Crippen LogP contribution in [0.2, 0.25) is 0 Å². The highest BCUT2D eigenvalue weighted by atomic mass is 16.6. The van der Waals surface area contributed by atoms with Crippen molar-refractivity contribution in [3.05, 3.63) is 33.9 Å². The summed E-state index contributed by atoms with van der Waals surface area (Å²) in [6, 6.07) is 5.40. The van der Waals surface area contributed by atoms with Gasteiger partial charge in [-0.25, -0.2) is 4.79 Å². The molecular formula is C14H15N3O4. The van der Waals surface area contributed by atoms with E-state index in [4.69, 9.17) is 5.26 Å². The molecule has 1 aromatic carbocycles. The number of nitrogens with zero attached hydrogens (tertiary/aromatic N) is 3. The van der Waals surface area contributed by atoms with E-state index in [1.165, 1.54) is 17.0 Å². The predicted octanol–water partition coefficient (Wildman–Crippen LogP) is 2.16. The zero-order valence-electron chi connectivity index (χ0n) is 11.5. The number of hydrogen-bond acceptors (Lipinski definition) is 5. The van der Waals surface area contributed by atoms with Gasteiger partial charge >= 0.3 is 11.7 Å². The lowest BCUT2D eigenvalue weighted by molar-refractivity contribution is -0.384. The first kappa shape index (κ1) is 14.8. The normalized spacial score (nSPS) is 21.6. The van der Waals surface area contributed by atoms with Crippen molar-refractivity contribution in [1.29, 1.82) is 5.26 Å². The van der Waals surface area contributed by atoms with Crippen molar-refractivity contribution >= 4 is 17.3 Å². The van der Waals surface area contributed by atoms with Gasteiger partial charge in [0.15, 0.2) is 0 Å². The molecule has 0 amide bonds. The van der Waals surface area contributed by atoms with Crippen molar-refractivity contribution in [3.63, 3.8) is 0 Å². The van der Waals surface area contributed by atoms with E-state index in [1.807, 2.05) is 6.92 Å². The van der Waals surface area contributed by atoms with E-state index < -0.39 is 16.9 Å². The lowest BCUT2D eigenvalue weighted by Crippen LogP contribution is -2.49. The number of carboxylic acid groups (broad SMARTS) is 1. The van der Waals surface area contributed by atoms with Crippen LogP contribution in [0.4, 0.5) is 11.4 Å². The van der Waals surface area contributed by atoms with Crippen LogP contribution < -0.4 is 4.90 Å². The number of nitro benzene ring substituents is 1. The SMILES string of the molecule is CC1CCCN(c2cccc(C#N)c2[N+](=O)[O-])C1C(=O)O. The van der Waals surface area contributed by atoms with Gasteiger partial charge in [-0.05, 0) is 30.9 Å². The fourth-order valence-corrected chi connectivity index (χ4v) is 2.88. The molecule has 0 spiro atoms. The quantitative estimate of drug-likeness (QED) is 0.674. The van der Waals surface area contributed by atoms with Gasteiger partial charge in [-0.2, -0.15) is 5.26 Å². The maximum Gasteiger partial charge on any atom is 0.326 e. The molecule has 2 unspecified atom stereocenters. The molecule has 1 aromatic rings. The molecule has 1 aliphatic heterocycles. The first-order valence-corrected chi connectivity index (χ1v) is 6.64. The van der Waals surface area contributed by atoms with Gasteiger partial charge in [0.1, 0.15) is 23.4 Å².